The average Bonchev–Trinajstić information content (AvgIpc) is 2.60. The summed E-state index contributed by atoms with van der Waals surface area (Å²) < 4.78 is 5.30. The van der Waals surface area contributed by atoms with Crippen molar-refractivity contribution in [3.05, 3.63) is 39.4 Å². The van der Waals surface area contributed by atoms with Gasteiger partial charge in [-0.3, -0.25) is 20.4 Å². The molecule has 0 spiro atoms. The number of ether oxygens (including phenoxy) is 1. The third-order valence-corrected chi connectivity index (χ3v) is 4.20. The van der Waals surface area contributed by atoms with Gasteiger partial charge >= 0.3 is 0 Å². The quantitative estimate of drug-likeness (QED) is 0.341. The van der Waals surface area contributed by atoms with Crippen molar-refractivity contribution in [3.63, 3.8) is 0 Å². The molecular formula is C16H23N5O3S. The number of thiocarbonyl (C=S) groups is 1. The molecule has 8 nitrogen and oxygen atoms in total. The minimum absolute atomic E-state index is 0.0817. The maximum absolute atomic E-state index is 11.0. The summed E-state index contributed by atoms with van der Waals surface area (Å²) in [4.78, 5) is 12.9. The van der Waals surface area contributed by atoms with Crippen LogP contribution >= 0.6 is 12.2 Å². The van der Waals surface area contributed by atoms with Gasteiger partial charge in [-0.25, -0.2) is 0 Å². The zero-order valence-electron chi connectivity index (χ0n) is 14.4. The van der Waals surface area contributed by atoms with E-state index < -0.39 is 4.92 Å². The predicted octanol–water partition coefficient (Wildman–Crippen LogP) is 1.42. The number of hydrazone groups is 1. The van der Waals surface area contributed by atoms with Crippen molar-refractivity contribution in [1.82, 2.24) is 15.6 Å². The molecule has 2 rings (SSSR count). The minimum Gasteiger partial charge on any atom is -0.379 e. The molecule has 0 bridgehead atoms. The van der Waals surface area contributed by atoms with Crippen molar-refractivity contribution in [2.24, 2.45) is 5.10 Å². The molecule has 0 atom stereocenters. The highest BCUT2D eigenvalue weighted by Gasteiger charge is 2.12. The molecule has 1 aliphatic rings. The van der Waals surface area contributed by atoms with E-state index in [1.807, 2.05) is 0 Å². The standard InChI is InChI=1S/C16H23N5O3S/c1-12-3-4-14(11-15(12)21(22)23)13(2)18-19-16(25)17-5-6-20-7-9-24-10-8-20/h3-4,11H,5-10H2,1-2H3,(H2,17,19,25)/b18-13-. The Morgan fingerprint density at radius 3 is 2.84 bits per heavy atom. The Balaban J connectivity index is 1.82. The Kier molecular flexibility index (Phi) is 7.23. The van der Waals surface area contributed by atoms with Gasteiger partial charge in [-0.2, -0.15) is 5.10 Å². The van der Waals surface area contributed by atoms with E-state index in [0.717, 1.165) is 39.4 Å². The Morgan fingerprint density at radius 2 is 2.16 bits per heavy atom. The van der Waals surface area contributed by atoms with Gasteiger partial charge in [-0.1, -0.05) is 12.1 Å². The molecule has 0 radical (unpaired) electrons. The summed E-state index contributed by atoms with van der Waals surface area (Å²) in [5.74, 6) is 0. The van der Waals surface area contributed by atoms with Gasteiger partial charge in [0.05, 0.1) is 23.8 Å². The number of aryl methyl sites for hydroxylation is 1. The number of nitro benzene ring substituents is 1. The maximum atomic E-state index is 11.0. The highest BCUT2D eigenvalue weighted by molar-refractivity contribution is 7.80. The van der Waals surface area contributed by atoms with Crippen LogP contribution in [-0.4, -0.2) is 60.0 Å². The van der Waals surface area contributed by atoms with E-state index in [1.165, 1.54) is 6.07 Å². The van der Waals surface area contributed by atoms with Crippen LogP contribution in [0.3, 0.4) is 0 Å². The van der Waals surface area contributed by atoms with Crippen LogP contribution in [0.25, 0.3) is 0 Å². The van der Waals surface area contributed by atoms with Crippen LogP contribution in [0.2, 0.25) is 0 Å². The summed E-state index contributed by atoms with van der Waals surface area (Å²) in [7, 11) is 0. The van der Waals surface area contributed by atoms with Crippen molar-refractivity contribution in [1.29, 1.82) is 0 Å². The summed E-state index contributed by atoms with van der Waals surface area (Å²) in [6.07, 6.45) is 0. The first kappa shape index (κ1) is 19.2. The van der Waals surface area contributed by atoms with E-state index in [9.17, 15) is 10.1 Å². The summed E-state index contributed by atoms with van der Waals surface area (Å²) in [6.45, 7) is 8.51. The maximum Gasteiger partial charge on any atom is 0.272 e. The second-order valence-corrected chi connectivity index (χ2v) is 6.19. The molecule has 9 heteroatoms. The highest BCUT2D eigenvalue weighted by atomic mass is 32.1. The van der Waals surface area contributed by atoms with E-state index in [1.54, 1.807) is 26.0 Å². The number of nitrogens with one attached hydrogen (secondary N) is 2. The topological polar surface area (TPSA) is 92.0 Å². The van der Waals surface area contributed by atoms with E-state index in [-0.39, 0.29) is 5.69 Å². The fourth-order valence-corrected chi connectivity index (χ4v) is 2.57. The largest absolute Gasteiger partial charge is 0.379 e. The molecule has 2 N–H and O–H groups in total. The van der Waals surface area contributed by atoms with Crippen LogP contribution in [0.5, 0.6) is 0 Å². The molecule has 0 unspecified atom stereocenters. The zero-order chi connectivity index (χ0) is 18.2. The molecule has 0 amide bonds. The van der Waals surface area contributed by atoms with E-state index in [2.05, 4.69) is 20.7 Å². The zero-order valence-corrected chi connectivity index (χ0v) is 15.3. The lowest BCUT2D eigenvalue weighted by Crippen LogP contribution is -2.42. The molecule has 1 fully saturated rings. The lowest BCUT2D eigenvalue weighted by Gasteiger charge is -2.26. The molecule has 136 valence electrons. The fourth-order valence-electron chi connectivity index (χ4n) is 2.42. The molecule has 0 aliphatic carbocycles. The second-order valence-electron chi connectivity index (χ2n) is 5.78. The second kappa shape index (κ2) is 9.40. The molecule has 25 heavy (non-hydrogen) atoms. The van der Waals surface area contributed by atoms with Gasteiger partial charge in [0.15, 0.2) is 5.11 Å². The highest BCUT2D eigenvalue weighted by Crippen LogP contribution is 2.19. The summed E-state index contributed by atoms with van der Waals surface area (Å²) >= 11 is 5.20. The Hall–Kier alpha value is -2.10. The van der Waals surface area contributed by atoms with Crippen LogP contribution in [0.4, 0.5) is 5.69 Å². The van der Waals surface area contributed by atoms with Crippen LogP contribution in [0.1, 0.15) is 18.1 Å². The lowest BCUT2D eigenvalue weighted by atomic mass is 10.1. The van der Waals surface area contributed by atoms with Gasteiger partial charge in [0, 0.05) is 43.4 Å². The molecule has 1 aliphatic heterocycles. The number of nitro groups is 1. The predicted molar refractivity (Wildman–Crippen MR) is 101 cm³/mol. The average molecular weight is 365 g/mol. The number of benzene rings is 1. The van der Waals surface area contributed by atoms with Gasteiger partial charge in [-0.15, -0.1) is 0 Å². The first-order valence-electron chi connectivity index (χ1n) is 8.11. The monoisotopic (exact) mass is 365 g/mol. The normalized spacial score (nSPS) is 15.7. The van der Waals surface area contributed by atoms with Crippen molar-refractivity contribution >= 4 is 28.7 Å². The molecule has 0 aromatic heterocycles. The third kappa shape index (κ3) is 6.04. The lowest BCUT2D eigenvalue weighted by molar-refractivity contribution is -0.385. The number of hydrogen-bond donors (Lipinski definition) is 2. The Labute approximate surface area is 152 Å². The van der Waals surface area contributed by atoms with E-state index in [0.29, 0.717) is 22.0 Å². The van der Waals surface area contributed by atoms with Gasteiger partial charge in [0.1, 0.15) is 0 Å². The van der Waals surface area contributed by atoms with E-state index in [4.69, 9.17) is 17.0 Å². The molecular weight excluding hydrogens is 342 g/mol. The minimum atomic E-state index is -0.392. The van der Waals surface area contributed by atoms with Gasteiger partial charge in [0.2, 0.25) is 0 Å². The summed E-state index contributed by atoms with van der Waals surface area (Å²) in [6, 6.07) is 5.04. The van der Waals surface area contributed by atoms with Crippen LogP contribution in [-0.2, 0) is 4.74 Å². The number of hydrogen-bond acceptors (Lipinski definition) is 6. The fraction of sp³-hybridized carbons (Fsp3) is 0.500. The molecule has 1 aromatic carbocycles. The summed E-state index contributed by atoms with van der Waals surface area (Å²) in [5.41, 5.74) is 4.79. The Bertz CT molecular complexity index is 659. The first-order valence-corrected chi connectivity index (χ1v) is 8.52. The SMILES string of the molecule is C/C(=N/NC(=S)NCCN1CCOCC1)c1ccc(C)c([N+](=O)[O-])c1. The van der Waals surface area contributed by atoms with Crippen molar-refractivity contribution in [2.45, 2.75) is 13.8 Å². The molecule has 1 aromatic rings. The van der Waals surface area contributed by atoms with Gasteiger partial charge < -0.3 is 10.1 Å². The van der Waals surface area contributed by atoms with Gasteiger partial charge in [0.25, 0.3) is 5.69 Å². The number of rotatable bonds is 6. The van der Waals surface area contributed by atoms with E-state index >= 15 is 0 Å². The summed E-state index contributed by atoms with van der Waals surface area (Å²) in [5, 5.41) is 18.7. The number of morpholine rings is 1. The van der Waals surface area contributed by atoms with Crippen LogP contribution < -0.4 is 10.7 Å². The smallest absolute Gasteiger partial charge is 0.272 e. The third-order valence-electron chi connectivity index (χ3n) is 3.97. The Morgan fingerprint density at radius 1 is 1.44 bits per heavy atom. The van der Waals surface area contributed by atoms with Crippen molar-refractivity contribution < 1.29 is 9.66 Å². The van der Waals surface area contributed by atoms with Crippen LogP contribution in [0.15, 0.2) is 23.3 Å². The van der Waals surface area contributed by atoms with Crippen molar-refractivity contribution in [2.75, 3.05) is 39.4 Å². The van der Waals surface area contributed by atoms with Crippen LogP contribution in [0, 0.1) is 17.0 Å². The molecule has 0 saturated carbocycles. The molecule has 1 heterocycles. The van der Waals surface area contributed by atoms with Crippen molar-refractivity contribution in [3.8, 4) is 0 Å². The number of nitrogens with zero attached hydrogens (tertiary/aromatic N) is 3. The molecule has 1 saturated heterocycles. The first-order chi connectivity index (χ1) is 12.0. The van der Waals surface area contributed by atoms with Gasteiger partial charge in [-0.05, 0) is 26.1 Å².